The number of rotatable bonds is 8. The van der Waals surface area contributed by atoms with Crippen LogP contribution in [-0.4, -0.2) is 54.0 Å². The number of hydrogen-bond acceptors (Lipinski definition) is 3. The lowest BCUT2D eigenvalue weighted by Gasteiger charge is -2.35. The van der Waals surface area contributed by atoms with Crippen molar-refractivity contribution >= 4 is 17.5 Å². The summed E-state index contributed by atoms with van der Waals surface area (Å²) in [6.07, 6.45) is 0. The molecule has 1 unspecified atom stereocenters. The van der Waals surface area contributed by atoms with Crippen molar-refractivity contribution in [1.29, 1.82) is 0 Å². The third-order valence-corrected chi connectivity index (χ3v) is 4.13. The summed E-state index contributed by atoms with van der Waals surface area (Å²) in [4.78, 5) is 16.6. The Morgan fingerprint density at radius 2 is 1.78 bits per heavy atom. The Bertz CT molecular complexity index is 498. The second kappa shape index (κ2) is 9.14. The lowest BCUT2D eigenvalue weighted by Crippen LogP contribution is -2.51. The highest BCUT2D eigenvalue weighted by Crippen LogP contribution is 2.17. The average molecular weight is 341 g/mol. The summed E-state index contributed by atoms with van der Waals surface area (Å²) in [6, 6.07) is 7.55. The molecule has 0 aliphatic carbocycles. The molecule has 23 heavy (non-hydrogen) atoms. The molecular formula is C18H29ClN2O2. The Morgan fingerprint density at radius 3 is 2.30 bits per heavy atom. The molecule has 5 heteroatoms. The fraction of sp³-hybridized carbons (Fsp3) is 0.611. The van der Waals surface area contributed by atoms with Gasteiger partial charge in [-0.15, -0.1) is 0 Å². The number of amides is 1. The van der Waals surface area contributed by atoms with Gasteiger partial charge in [0, 0.05) is 23.7 Å². The molecule has 0 saturated heterocycles. The van der Waals surface area contributed by atoms with Crippen LogP contribution in [0.5, 0.6) is 5.75 Å². The minimum Gasteiger partial charge on any atom is -0.492 e. The van der Waals surface area contributed by atoms with Crippen molar-refractivity contribution in [2.75, 3.05) is 20.2 Å². The molecule has 130 valence electrons. The number of hydrogen-bond donors (Lipinski definition) is 0. The third-order valence-electron chi connectivity index (χ3n) is 3.89. The van der Waals surface area contributed by atoms with Crippen LogP contribution in [0.2, 0.25) is 5.02 Å². The Morgan fingerprint density at radius 1 is 1.17 bits per heavy atom. The van der Waals surface area contributed by atoms with E-state index in [1.807, 2.05) is 69.7 Å². The second-order valence-corrected chi connectivity index (χ2v) is 6.83. The van der Waals surface area contributed by atoms with Crippen LogP contribution in [0, 0.1) is 0 Å². The lowest BCUT2D eigenvalue weighted by molar-refractivity contribution is -0.139. The summed E-state index contributed by atoms with van der Waals surface area (Å²) in [6.45, 7) is 11.3. The van der Waals surface area contributed by atoms with Crippen LogP contribution in [-0.2, 0) is 4.79 Å². The van der Waals surface area contributed by atoms with Crippen molar-refractivity contribution in [3.8, 4) is 5.75 Å². The normalized spacial score (nSPS) is 12.8. The van der Waals surface area contributed by atoms with Crippen molar-refractivity contribution in [3.05, 3.63) is 29.3 Å². The molecule has 0 bridgehead atoms. The van der Waals surface area contributed by atoms with Crippen LogP contribution >= 0.6 is 11.6 Å². The van der Waals surface area contributed by atoms with Gasteiger partial charge in [-0.05, 0) is 59.9 Å². The fourth-order valence-corrected chi connectivity index (χ4v) is 2.75. The highest BCUT2D eigenvalue weighted by molar-refractivity contribution is 6.30. The first-order valence-electron chi connectivity index (χ1n) is 8.14. The molecule has 1 aromatic rings. The van der Waals surface area contributed by atoms with Gasteiger partial charge >= 0.3 is 0 Å². The van der Waals surface area contributed by atoms with Crippen LogP contribution in [0.25, 0.3) is 0 Å². The average Bonchev–Trinajstić information content (AvgIpc) is 2.45. The largest absolute Gasteiger partial charge is 0.492 e. The number of halogens is 1. The Balaban J connectivity index is 2.53. The van der Waals surface area contributed by atoms with E-state index in [0.29, 0.717) is 18.2 Å². The molecular weight excluding hydrogens is 312 g/mol. The van der Waals surface area contributed by atoms with Gasteiger partial charge < -0.3 is 9.64 Å². The lowest BCUT2D eigenvalue weighted by atomic mass is 10.1. The van der Waals surface area contributed by atoms with Gasteiger partial charge in [0.1, 0.15) is 12.4 Å². The van der Waals surface area contributed by atoms with E-state index in [2.05, 4.69) is 0 Å². The van der Waals surface area contributed by atoms with E-state index >= 15 is 0 Å². The van der Waals surface area contributed by atoms with Gasteiger partial charge in [0.05, 0.1) is 6.04 Å². The van der Waals surface area contributed by atoms with E-state index in [1.54, 1.807) is 6.07 Å². The molecule has 0 aliphatic rings. The van der Waals surface area contributed by atoms with Crippen molar-refractivity contribution in [2.24, 2.45) is 0 Å². The molecule has 4 nitrogen and oxygen atoms in total. The summed E-state index contributed by atoms with van der Waals surface area (Å²) in [5.41, 5.74) is 0. The molecule has 0 spiro atoms. The molecule has 0 heterocycles. The second-order valence-electron chi connectivity index (χ2n) is 6.40. The standard InChI is InChI=1S/C18H29ClN2O2/c1-13(2)21(14(3)4)18(22)15(5)20(6)10-11-23-17-9-7-8-16(19)12-17/h7-9,12-15H,10-11H2,1-6H3. The molecule has 0 N–H and O–H groups in total. The fourth-order valence-electron chi connectivity index (χ4n) is 2.57. The van der Waals surface area contributed by atoms with Crippen molar-refractivity contribution < 1.29 is 9.53 Å². The monoisotopic (exact) mass is 340 g/mol. The van der Waals surface area contributed by atoms with Gasteiger partial charge in [0.2, 0.25) is 5.91 Å². The summed E-state index contributed by atoms with van der Waals surface area (Å²) in [5.74, 6) is 0.899. The van der Waals surface area contributed by atoms with Crippen molar-refractivity contribution in [2.45, 2.75) is 52.7 Å². The summed E-state index contributed by atoms with van der Waals surface area (Å²) < 4.78 is 5.69. The first kappa shape index (κ1) is 19.8. The first-order chi connectivity index (χ1) is 10.7. The number of nitrogens with zero attached hydrogens (tertiary/aromatic N) is 2. The molecule has 0 radical (unpaired) electrons. The predicted molar refractivity (Wildman–Crippen MR) is 96.2 cm³/mol. The molecule has 0 saturated carbocycles. The highest BCUT2D eigenvalue weighted by Gasteiger charge is 2.27. The van der Waals surface area contributed by atoms with Crippen LogP contribution in [0.4, 0.5) is 0 Å². The van der Waals surface area contributed by atoms with E-state index in [1.165, 1.54) is 0 Å². The van der Waals surface area contributed by atoms with E-state index in [-0.39, 0.29) is 24.0 Å². The van der Waals surface area contributed by atoms with E-state index in [0.717, 1.165) is 5.75 Å². The van der Waals surface area contributed by atoms with Gasteiger partial charge in [-0.2, -0.15) is 0 Å². The smallest absolute Gasteiger partial charge is 0.240 e. The number of carbonyl (C=O) groups is 1. The van der Waals surface area contributed by atoms with Crippen molar-refractivity contribution in [3.63, 3.8) is 0 Å². The zero-order valence-corrected chi connectivity index (χ0v) is 15.8. The number of likely N-dealkylation sites (N-methyl/N-ethyl adjacent to an activating group) is 1. The molecule has 0 aromatic heterocycles. The summed E-state index contributed by atoms with van der Waals surface area (Å²) in [7, 11) is 1.95. The predicted octanol–water partition coefficient (Wildman–Crippen LogP) is 3.68. The zero-order chi connectivity index (χ0) is 17.6. The summed E-state index contributed by atoms with van der Waals surface area (Å²) in [5, 5.41) is 0.656. The Kier molecular flexibility index (Phi) is 7.86. The van der Waals surface area contributed by atoms with Crippen molar-refractivity contribution in [1.82, 2.24) is 9.80 Å². The molecule has 1 amide bonds. The maximum absolute atomic E-state index is 12.7. The van der Waals surface area contributed by atoms with Crippen LogP contribution < -0.4 is 4.74 Å². The summed E-state index contributed by atoms with van der Waals surface area (Å²) >= 11 is 5.93. The maximum Gasteiger partial charge on any atom is 0.240 e. The third kappa shape index (κ3) is 6.04. The maximum atomic E-state index is 12.7. The zero-order valence-electron chi connectivity index (χ0n) is 15.0. The van der Waals surface area contributed by atoms with E-state index in [4.69, 9.17) is 16.3 Å². The molecule has 1 rings (SSSR count). The topological polar surface area (TPSA) is 32.8 Å². The minimum absolute atomic E-state index is 0.153. The molecule has 1 atom stereocenters. The first-order valence-corrected chi connectivity index (χ1v) is 8.52. The van der Waals surface area contributed by atoms with Crippen LogP contribution in [0.1, 0.15) is 34.6 Å². The Labute approximate surface area is 145 Å². The van der Waals surface area contributed by atoms with Crippen LogP contribution in [0.3, 0.4) is 0 Å². The molecule has 1 aromatic carbocycles. The molecule has 0 aliphatic heterocycles. The SMILES string of the molecule is CC(C(=O)N(C(C)C)C(C)C)N(C)CCOc1cccc(Cl)c1. The molecule has 0 fully saturated rings. The quantitative estimate of drug-likeness (QED) is 0.723. The Hall–Kier alpha value is -1.26. The number of benzene rings is 1. The highest BCUT2D eigenvalue weighted by atomic mass is 35.5. The van der Waals surface area contributed by atoms with Crippen LogP contribution in [0.15, 0.2) is 24.3 Å². The van der Waals surface area contributed by atoms with E-state index in [9.17, 15) is 4.79 Å². The van der Waals surface area contributed by atoms with Gasteiger partial charge in [-0.1, -0.05) is 17.7 Å². The van der Waals surface area contributed by atoms with Gasteiger partial charge in [-0.25, -0.2) is 0 Å². The van der Waals surface area contributed by atoms with Gasteiger partial charge in [0.25, 0.3) is 0 Å². The van der Waals surface area contributed by atoms with Gasteiger partial charge in [0.15, 0.2) is 0 Å². The van der Waals surface area contributed by atoms with Gasteiger partial charge in [-0.3, -0.25) is 9.69 Å². The van der Waals surface area contributed by atoms with E-state index < -0.39 is 0 Å². The number of ether oxygens (including phenoxy) is 1. The number of carbonyl (C=O) groups excluding carboxylic acids is 1. The minimum atomic E-state index is -0.178.